The fourth-order valence-electron chi connectivity index (χ4n) is 2.15. The van der Waals surface area contributed by atoms with E-state index in [1.165, 1.54) is 17.0 Å². The molecule has 2 rings (SSSR count). The molecule has 120 valence electrons. The third-order valence-electron chi connectivity index (χ3n) is 3.21. The van der Waals surface area contributed by atoms with Gasteiger partial charge < -0.3 is 15.1 Å². The fourth-order valence-corrected chi connectivity index (χ4v) is 2.15. The first-order valence-corrected chi connectivity index (χ1v) is 7.06. The van der Waals surface area contributed by atoms with Gasteiger partial charge in [0.05, 0.1) is 12.3 Å². The number of rotatable bonds is 4. The topological polar surface area (TPSA) is 53.9 Å². The van der Waals surface area contributed by atoms with Gasteiger partial charge in [0.25, 0.3) is 0 Å². The summed E-state index contributed by atoms with van der Waals surface area (Å²) < 4.78 is 26.6. The Morgan fingerprint density at radius 2 is 2.23 bits per heavy atom. The SMILES string of the molecule is CC(C)NC(=O)N(C)C[C@H]1CC(c2ccc(F)cc2F)=NO1. The smallest absolute Gasteiger partial charge is 0.317 e. The summed E-state index contributed by atoms with van der Waals surface area (Å²) in [6.45, 7) is 4.07. The minimum absolute atomic E-state index is 0.0413. The van der Waals surface area contributed by atoms with Gasteiger partial charge in [0, 0.05) is 31.1 Å². The lowest BCUT2D eigenvalue weighted by Gasteiger charge is -2.21. The molecular weight excluding hydrogens is 292 g/mol. The van der Waals surface area contributed by atoms with Crippen LogP contribution in [0.5, 0.6) is 0 Å². The average molecular weight is 311 g/mol. The first kappa shape index (κ1) is 16.2. The number of hydrogen-bond donors (Lipinski definition) is 1. The molecule has 0 spiro atoms. The minimum atomic E-state index is -0.672. The molecule has 1 N–H and O–H groups in total. The molecule has 1 aromatic rings. The number of amides is 2. The second-order valence-electron chi connectivity index (χ2n) is 5.58. The van der Waals surface area contributed by atoms with Crippen molar-refractivity contribution < 1.29 is 18.4 Å². The predicted molar refractivity (Wildman–Crippen MR) is 78.7 cm³/mol. The van der Waals surface area contributed by atoms with Gasteiger partial charge in [0.2, 0.25) is 0 Å². The van der Waals surface area contributed by atoms with E-state index in [0.717, 1.165) is 6.07 Å². The molecule has 0 unspecified atom stereocenters. The van der Waals surface area contributed by atoms with Gasteiger partial charge >= 0.3 is 6.03 Å². The molecule has 0 radical (unpaired) electrons. The van der Waals surface area contributed by atoms with E-state index < -0.39 is 11.6 Å². The number of carbonyl (C=O) groups excluding carboxylic acids is 1. The number of likely N-dealkylation sites (N-methyl/N-ethyl adjacent to an activating group) is 1. The van der Waals surface area contributed by atoms with Crippen molar-refractivity contribution in [2.24, 2.45) is 5.16 Å². The zero-order valence-corrected chi connectivity index (χ0v) is 12.8. The number of carbonyl (C=O) groups is 1. The Morgan fingerprint density at radius 3 is 2.86 bits per heavy atom. The molecule has 0 aliphatic carbocycles. The van der Waals surface area contributed by atoms with Crippen molar-refractivity contribution in [3.63, 3.8) is 0 Å². The maximum Gasteiger partial charge on any atom is 0.317 e. The van der Waals surface area contributed by atoms with Crippen molar-refractivity contribution in [2.45, 2.75) is 32.4 Å². The molecule has 0 saturated heterocycles. The second kappa shape index (κ2) is 6.72. The van der Waals surface area contributed by atoms with E-state index in [1.807, 2.05) is 13.8 Å². The fraction of sp³-hybridized carbons (Fsp3) is 0.467. The van der Waals surface area contributed by atoms with Gasteiger partial charge in [-0.15, -0.1) is 0 Å². The third-order valence-corrected chi connectivity index (χ3v) is 3.21. The first-order chi connectivity index (χ1) is 10.4. The molecule has 0 saturated carbocycles. The van der Waals surface area contributed by atoms with Crippen LogP contribution in [0.3, 0.4) is 0 Å². The Balaban J connectivity index is 1.93. The molecule has 1 heterocycles. The van der Waals surface area contributed by atoms with Crippen molar-refractivity contribution in [3.8, 4) is 0 Å². The van der Waals surface area contributed by atoms with Gasteiger partial charge in [-0.25, -0.2) is 13.6 Å². The van der Waals surface area contributed by atoms with Gasteiger partial charge in [0.15, 0.2) is 6.10 Å². The Kier molecular flexibility index (Phi) is 4.95. The van der Waals surface area contributed by atoms with Crippen LogP contribution in [0.1, 0.15) is 25.8 Å². The lowest BCUT2D eigenvalue weighted by molar-refractivity contribution is 0.0655. The second-order valence-corrected chi connectivity index (χ2v) is 5.58. The van der Waals surface area contributed by atoms with E-state index in [4.69, 9.17) is 4.84 Å². The molecule has 1 aliphatic heterocycles. The predicted octanol–water partition coefficient (Wildman–Crippen LogP) is 2.51. The number of benzene rings is 1. The molecule has 0 fully saturated rings. The summed E-state index contributed by atoms with van der Waals surface area (Å²) in [6.07, 6.45) is 0.0179. The summed E-state index contributed by atoms with van der Waals surface area (Å²) in [5.41, 5.74) is 0.637. The molecule has 7 heteroatoms. The van der Waals surface area contributed by atoms with Crippen LogP contribution in [0.15, 0.2) is 23.4 Å². The first-order valence-electron chi connectivity index (χ1n) is 7.06. The van der Waals surface area contributed by atoms with Crippen LogP contribution in [-0.4, -0.2) is 42.4 Å². The number of oxime groups is 1. The number of hydrogen-bond acceptors (Lipinski definition) is 3. The van der Waals surface area contributed by atoms with Gasteiger partial charge in [0.1, 0.15) is 11.6 Å². The van der Waals surface area contributed by atoms with Crippen molar-refractivity contribution >= 4 is 11.7 Å². The quantitative estimate of drug-likeness (QED) is 0.929. The molecule has 22 heavy (non-hydrogen) atoms. The highest BCUT2D eigenvalue weighted by Gasteiger charge is 2.26. The van der Waals surface area contributed by atoms with Crippen LogP contribution in [-0.2, 0) is 4.84 Å². The lowest BCUT2D eigenvalue weighted by atomic mass is 10.0. The van der Waals surface area contributed by atoms with Crippen molar-refractivity contribution in [3.05, 3.63) is 35.4 Å². The van der Waals surface area contributed by atoms with Crippen LogP contribution in [0.25, 0.3) is 0 Å². The van der Waals surface area contributed by atoms with Gasteiger partial charge in [-0.1, -0.05) is 5.16 Å². The van der Waals surface area contributed by atoms with E-state index in [1.54, 1.807) is 7.05 Å². The Bertz CT molecular complexity index is 590. The summed E-state index contributed by atoms with van der Waals surface area (Å²) in [5, 5.41) is 6.61. The van der Waals surface area contributed by atoms with Crippen LogP contribution < -0.4 is 5.32 Å². The number of nitrogens with one attached hydrogen (secondary N) is 1. The normalized spacial score (nSPS) is 17.2. The lowest BCUT2D eigenvalue weighted by Crippen LogP contribution is -2.43. The van der Waals surface area contributed by atoms with Crippen LogP contribution in [0, 0.1) is 11.6 Å². The maximum absolute atomic E-state index is 13.7. The molecule has 2 amide bonds. The number of halogens is 2. The monoisotopic (exact) mass is 311 g/mol. The van der Waals surface area contributed by atoms with Gasteiger partial charge in [-0.05, 0) is 26.0 Å². The van der Waals surface area contributed by atoms with Crippen molar-refractivity contribution in [2.75, 3.05) is 13.6 Å². The van der Waals surface area contributed by atoms with E-state index in [0.29, 0.717) is 18.7 Å². The van der Waals surface area contributed by atoms with Crippen molar-refractivity contribution in [1.29, 1.82) is 0 Å². The van der Waals surface area contributed by atoms with Crippen molar-refractivity contribution in [1.82, 2.24) is 10.2 Å². The molecule has 1 aromatic carbocycles. The molecular formula is C15H19F2N3O2. The summed E-state index contributed by atoms with van der Waals surface area (Å²) in [5.74, 6) is -1.31. The Labute approximate surface area is 127 Å². The zero-order chi connectivity index (χ0) is 16.3. The third kappa shape index (κ3) is 3.93. The number of nitrogens with zero attached hydrogens (tertiary/aromatic N) is 2. The highest BCUT2D eigenvalue weighted by atomic mass is 19.1. The zero-order valence-electron chi connectivity index (χ0n) is 12.8. The highest BCUT2D eigenvalue weighted by molar-refractivity contribution is 6.01. The van der Waals surface area contributed by atoms with Crippen LogP contribution >= 0.6 is 0 Å². The number of urea groups is 1. The Hall–Kier alpha value is -2.18. The molecule has 1 aliphatic rings. The standard InChI is InChI=1S/C15H19F2N3O2/c1-9(2)18-15(21)20(3)8-11-7-14(19-22-11)12-5-4-10(16)6-13(12)17/h4-6,9,11H,7-8H2,1-3H3,(H,18,21)/t11-/m1/s1. The Morgan fingerprint density at radius 1 is 1.50 bits per heavy atom. The van der Waals surface area contributed by atoms with E-state index in [-0.39, 0.29) is 23.7 Å². The molecule has 5 nitrogen and oxygen atoms in total. The van der Waals surface area contributed by atoms with Crippen LogP contribution in [0.2, 0.25) is 0 Å². The van der Waals surface area contributed by atoms with E-state index >= 15 is 0 Å². The van der Waals surface area contributed by atoms with Gasteiger partial charge in [-0.2, -0.15) is 0 Å². The van der Waals surface area contributed by atoms with E-state index in [2.05, 4.69) is 10.5 Å². The average Bonchev–Trinajstić information content (AvgIpc) is 2.86. The molecule has 1 atom stereocenters. The summed E-state index contributed by atoms with van der Waals surface area (Å²) >= 11 is 0. The largest absolute Gasteiger partial charge is 0.390 e. The maximum atomic E-state index is 13.7. The molecule has 0 aromatic heterocycles. The minimum Gasteiger partial charge on any atom is -0.390 e. The molecule has 0 bridgehead atoms. The van der Waals surface area contributed by atoms with Crippen LogP contribution in [0.4, 0.5) is 13.6 Å². The summed E-state index contributed by atoms with van der Waals surface area (Å²) in [6, 6.07) is 3.16. The van der Waals surface area contributed by atoms with Gasteiger partial charge in [-0.3, -0.25) is 0 Å². The van der Waals surface area contributed by atoms with E-state index in [9.17, 15) is 13.6 Å². The summed E-state index contributed by atoms with van der Waals surface area (Å²) in [7, 11) is 1.65. The summed E-state index contributed by atoms with van der Waals surface area (Å²) in [4.78, 5) is 18.5. The highest BCUT2D eigenvalue weighted by Crippen LogP contribution is 2.20.